The molecule has 0 N–H and O–H groups in total. The van der Waals surface area contributed by atoms with Gasteiger partial charge in [0.2, 0.25) is 16.3 Å². The van der Waals surface area contributed by atoms with Crippen molar-refractivity contribution in [2.24, 2.45) is 0 Å². The minimum Gasteiger partial charge on any atom is -0.0891 e. The summed E-state index contributed by atoms with van der Waals surface area (Å²) in [5.41, 5.74) is 4.59. The number of rotatable bonds is 0. The maximum atomic E-state index is 2.45. The third-order valence-electron chi connectivity index (χ3n) is 2.56. The zero-order chi connectivity index (χ0) is 8.65. The first-order valence-corrected chi connectivity index (χ1v) is 5.28. The summed E-state index contributed by atoms with van der Waals surface area (Å²) in [4.78, 5) is 0. The summed E-state index contributed by atoms with van der Waals surface area (Å²) < 4.78 is 0.522. The van der Waals surface area contributed by atoms with Crippen molar-refractivity contribution < 1.29 is 0 Å². The summed E-state index contributed by atoms with van der Waals surface area (Å²) >= 11 is 1.27. The van der Waals surface area contributed by atoms with Crippen LogP contribution in [0.3, 0.4) is 0 Å². The molecular weight excluding hydrogens is 147 g/mol. The molecule has 0 nitrogen and oxygen atoms in total. The van der Waals surface area contributed by atoms with Crippen molar-refractivity contribution in [1.82, 2.24) is 0 Å². The molecule has 0 saturated heterocycles. The molecule has 0 aromatic carbocycles. The second kappa shape index (κ2) is 2.81. The minimum absolute atomic E-state index is 0.522. The Balaban J connectivity index is 3.01. The predicted molar refractivity (Wildman–Crippen MR) is 53.7 cm³/mol. The van der Waals surface area contributed by atoms with Crippen LogP contribution in [0, 0.1) is 0 Å². The maximum Gasteiger partial charge on any atom is 0.227 e. The van der Waals surface area contributed by atoms with Crippen LogP contribution in [0.4, 0.5) is 0 Å². The highest BCUT2D eigenvalue weighted by molar-refractivity contribution is 6.16. The zero-order valence-corrected chi connectivity index (χ0v) is 10.3. The van der Waals surface area contributed by atoms with Crippen molar-refractivity contribution in [2.75, 3.05) is 0 Å². The van der Waals surface area contributed by atoms with Crippen LogP contribution in [-0.2, 0) is 0 Å². The van der Waals surface area contributed by atoms with Crippen molar-refractivity contribution in [3.05, 3.63) is 22.8 Å². The van der Waals surface area contributed by atoms with Crippen molar-refractivity contribution >= 4 is 16.3 Å². The van der Waals surface area contributed by atoms with Gasteiger partial charge in [-0.05, 0) is 32.8 Å². The van der Waals surface area contributed by atoms with Crippen LogP contribution >= 0.6 is 0 Å². The van der Waals surface area contributed by atoms with E-state index in [1.807, 2.05) is 0 Å². The minimum atomic E-state index is 0.522. The van der Waals surface area contributed by atoms with Gasteiger partial charge in [-0.15, -0.1) is 0 Å². The number of allylic oxidation sites excluding steroid dienone is 4. The molecular formula is C10H17Al. The fourth-order valence-electron chi connectivity index (χ4n) is 1.90. The third-order valence-corrected chi connectivity index (χ3v) is 3.20. The van der Waals surface area contributed by atoms with E-state index >= 15 is 0 Å². The van der Waals surface area contributed by atoms with Crippen LogP contribution < -0.4 is 0 Å². The standard InChI is InChI=1S/C10H15.Al.2H/c1-7-5-8(2)10(4)9(3)6-7;;;/h5H,6H2,1-4H3;;;. The van der Waals surface area contributed by atoms with Crippen LogP contribution in [0.25, 0.3) is 0 Å². The SMILES string of the molecule is CC1=C[C](C)([AlH2])CC(C)=C1C. The molecule has 0 aromatic heterocycles. The van der Waals surface area contributed by atoms with Gasteiger partial charge in [0.1, 0.15) is 0 Å². The monoisotopic (exact) mass is 164 g/mol. The van der Waals surface area contributed by atoms with Crippen LogP contribution in [0.1, 0.15) is 34.1 Å². The van der Waals surface area contributed by atoms with E-state index in [-0.39, 0.29) is 0 Å². The molecule has 1 aliphatic carbocycles. The van der Waals surface area contributed by atoms with Gasteiger partial charge in [0.05, 0.1) is 0 Å². The summed E-state index contributed by atoms with van der Waals surface area (Å²) in [5.74, 6) is 0. The summed E-state index contributed by atoms with van der Waals surface area (Å²) in [6.45, 7) is 9.09. The molecule has 1 heteroatoms. The molecule has 0 aromatic rings. The average Bonchev–Trinajstić information content (AvgIpc) is 1.81. The molecule has 0 amide bonds. The first-order valence-electron chi connectivity index (χ1n) is 4.28. The Morgan fingerprint density at radius 3 is 2.36 bits per heavy atom. The lowest BCUT2D eigenvalue weighted by Gasteiger charge is -2.28. The lowest BCUT2D eigenvalue weighted by Crippen LogP contribution is -2.11. The van der Waals surface area contributed by atoms with E-state index in [2.05, 4.69) is 33.8 Å². The lowest BCUT2D eigenvalue weighted by atomic mass is 9.87. The van der Waals surface area contributed by atoms with E-state index < -0.39 is 0 Å². The van der Waals surface area contributed by atoms with Crippen molar-refractivity contribution in [3.8, 4) is 0 Å². The van der Waals surface area contributed by atoms with E-state index in [0.29, 0.717) is 4.28 Å². The largest absolute Gasteiger partial charge is 0.227 e. The average molecular weight is 164 g/mol. The topological polar surface area (TPSA) is 0 Å². The van der Waals surface area contributed by atoms with Crippen molar-refractivity contribution in [2.45, 2.75) is 38.4 Å². The highest BCUT2D eigenvalue weighted by Gasteiger charge is 2.21. The van der Waals surface area contributed by atoms with Gasteiger partial charge in [-0.1, -0.05) is 28.4 Å². The first-order chi connectivity index (χ1) is 4.92. The van der Waals surface area contributed by atoms with Crippen LogP contribution in [0.15, 0.2) is 22.8 Å². The molecule has 0 fully saturated rings. The fraction of sp³-hybridized carbons (Fsp3) is 0.600. The molecule has 0 aliphatic heterocycles. The Bertz CT molecular complexity index is 231. The maximum absolute atomic E-state index is 2.45. The molecule has 1 unspecified atom stereocenters. The normalized spacial score (nSPS) is 32.2. The van der Waals surface area contributed by atoms with E-state index in [0.717, 1.165) is 0 Å². The fourth-order valence-corrected chi connectivity index (χ4v) is 2.86. The zero-order valence-electron chi connectivity index (χ0n) is 8.28. The van der Waals surface area contributed by atoms with Gasteiger partial charge in [-0.25, -0.2) is 0 Å². The summed E-state index contributed by atoms with van der Waals surface area (Å²) in [6, 6.07) is 0. The van der Waals surface area contributed by atoms with Gasteiger partial charge < -0.3 is 0 Å². The lowest BCUT2D eigenvalue weighted by molar-refractivity contribution is 0.716. The predicted octanol–water partition coefficient (Wildman–Crippen LogP) is 2.48. The molecule has 1 atom stereocenters. The van der Waals surface area contributed by atoms with Gasteiger partial charge in [-0.2, -0.15) is 0 Å². The van der Waals surface area contributed by atoms with Crippen LogP contribution in [0.2, 0.25) is 4.28 Å². The molecule has 0 spiro atoms. The van der Waals surface area contributed by atoms with E-state index in [1.165, 1.54) is 33.9 Å². The Kier molecular flexibility index (Phi) is 2.33. The molecule has 0 bridgehead atoms. The van der Waals surface area contributed by atoms with E-state index in [4.69, 9.17) is 0 Å². The van der Waals surface area contributed by atoms with Gasteiger partial charge in [0.15, 0.2) is 0 Å². The third kappa shape index (κ3) is 1.98. The van der Waals surface area contributed by atoms with Crippen LogP contribution in [-0.4, -0.2) is 16.3 Å². The molecule has 60 valence electrons. The smallest absolute Gasteiger partial charge is 0.0891 e. The Morgan fingerprint density at radius 1 is 1.36 bits per heavy atom. The van der Waals surface area contributed by atoms with Gasteiger partial charge in [0, 0.05) is 0 Å². The Morgan fingerprint density at radius 2 is 1.91 bits per heavy atom. The Hall–Kier alpha value is 0.0125. The summed E-state index contributed by atoms with van der Waals surface area (Å²) in [6.07, 6.45) is 3.73. The number of hydrogen-bond donors (Lipinski definition) is 0. The molecule has 0 heterocycles. The van der Waals surface area contributed by atoms with E-state index in [9.17, 15) is 0 Å². The molecule has 0 radical (unpaired) electrons. The highest BCUT2D eigenvalue weighted by atomic mass is 27.0. The summed E-state index contributed by atoms with van der Waals surface area (Å²) in [7, 11) is 0. The molecule has 11 heavy (non-hydrogen) atoms. The van der Waals surface area contributed by atoms with Gasteiger partial charge >= 0.3 is 0 Å². The quantitative estimate of drug-likeness (QED) is 0.482. The van der Waals surface area contributed by atoms with Gasteiger partial charge in [0.25, 0.3) is 0 Å². The number of hydrogen-bond acceptors (Lipinski definition) is 0. The highest BCUT2D eigenvalue weighted by Crippen LogP contribution is 2.39. The van der Waals surface area contributed by atoms with Crippen LogP contribution in [0.5, 0.6) is 0 Å². The molecule has 0 saturated carbocycles. The van der Waals surface area contributed by atoms with E-state index in [1.54, 1.807) is 5.57 Å². The summed E-state index contributed by atoms with van der Waals surface area (Å²) in [5, 5.41) is 0. The first kappa shape index (κ1) is 9.10. The molecule has 1 aliphatic rings. The van der Waals surface area contributed by atoms with Crippen molar-refractivity contribution in [1.29, 1.82) is 0 Å². The Labute approximate surface area is 77.8 Å². The second-order valence-electron chi connectivity index (χ2n) is 4.40. The van der Waals surface area contributed by atoms with Crippen molar-refractivity contribution in [3.63, 3.8) is 0 Å². The van der Waals surface area contributed by atoms with Gasteiger partial charge in [-0.3, -0.25) is 0 Å². The molecule has 1 rings (SSSR count). The second-order valence-corrected chi connectivity index (χ2v) is 6.68.